The quantitative estimate of drug-likeness (QED) is 0.524. The molecule has 0 saturated carbocycles. The zero-order valence-electron chi connectivity index (χ0n) is 6.66. The van der Waals surface area contributed by atoms with Crippen LogP contribution in [0, 0.1) is 17.2 Å². The number of nitroso groups, excluding NO2 is 1. The molecule has 3 nitrogen and oxygen atoms in total. The van der Waals surface area contributed by atoms with Gasteiger partial charge in [-0.15, -0.1) is 4.91 Å². The Labute approximate surface area is 70.2 Å². The van der Waals surface area contributed by atoms with Crippen molar-refractivity contribution in [3.63, 3.8) is 0 Å². The number of rotatable bonds is 2. The maximum atomic E-state index is 10.2. The fourth-order valence-electron chi connectivity index (χ4n) is 0.859. The molecule has 0 aliphatic carbocycles. The van der Waals surface area contributed by atoms with Crippen molar-refractivity contribution in [1.82, 2.24) is 0 Å². The molecule has 0 radical (unpaired) electrons. The average molecular weight is 160 g/mol. The standard InChI is InChI=1S/C9H8N2O/c1-7-2-4-8(5-3-7)9(6-10)11-12/h2-5,10H,1H3. The molecule has 12 heavy (non-hydrogen) atoms. The van der Waals surface area contributed by atoms with Gasteiger partial charge in [-0.25, -0.2) is 0 Å². The third kappa shape index (κ3) is 1.65. The van der Waals surface area contributed by atoms with Crippen molar-refractivity contribution < 1.29 is 0 Å². The van der Waals surface area contributed by atoms with E-state index in [1.165, 1.54) is 0 Å². The summed E-state index contributed by atoms with van der Waals surface area (Å²) in [5.74, 6) is 1.97. The van der Waals surface area contributed by atoms with Gasteiger partial charge in [0.1, 0.15) is 0 Å². The number of nitrogens with one attached hydrogen (secondary N) is 1. The molecule has 0 amide bonds. The van der Waals surface area contributed by atoms with Crippen LogP contribution < -0.4 is 0 Å². The summed E-state index contributed by atoms with van der Waals surface area (Å²) in [7, 11) is 0. The van der Waals surface area contributed by atoms with Crippen LogP contribution in [0.1, 0.15) is 11.1 Å². The molecule has 3 heteroatoms. The van der Waals surface area contributed by atoms with Crippen LogP contribution in [0.25, 0.3) is 5.70 Å². The van der Waals surface area contributed by atoms with E-state index in [-0.39, 0.29) is 5.70 Å². The van der Waals surface area contributed by atoms with Crippen LogP contribution in [0.5, 0.6) is 0 Å². The van der Waals surface area contributed by atoms with Crippen LogP contribution in [-0.4, -0.2) is 5.87 Å². The Morgan fingerprint density at radius 3 is 2.42 bits per heavy atom. The molecule has 0 atom stereocenters. The molecule has 0 saturated heterocycles. The molecule has 0 aliphatic rings. The predicted molar refractivity (Wildman–Crippen MR) is 48.1 cm³/mol. The summed E-state index contributed by atoms with van der Waals surface area (Å²) in [5.41, 5.74) is 1.77. The lowest BCUT2D eigenvalue weighted by Gasteiger charge is -1.95. The van der Waals surface area contributed by atoms with E-state index < -0.39 is 0 Å². The van der Waals surface area contributed by atoms with Gasteiger partial charge < -0.3 is 0 Å². The number of hydrogen-bond donors (Lipinski definition) is 1. The first-order valence-corrected chi connectivity index (χ1v) is 3.48. The SMILES string of the molecule is Cc1ccc(C(=C=N)N=O)cc1. The Morgan fingerprint density at radius 1 is 1.42 bits per heavy atom. The molecular formula is C9H8N2O. The van der Waals surface area contributed by atoms with Crippen LogP contribution in [0.3, 0.4) is 0 Å². The van der Waals surface area contributed by atoms with E-state index >= 15 is 0 Å². The zero-order chi connectivity index (χ0) is 8.97. The molecule has 0 fully saturated rings. The van der Waals surface area contributed by atoms with Crippen molar-refractivity contribution in [2.75, 3.05) is 0 Å². The molecule has 0 aliphatic heterocycles. The van der Waals surface area contributed by atoms with E-state index in [2.05, 4.69) is 5.18 Å². The first-order chi connectivity index (χ1) is 5.77. The summed E-state index contributed by atoms with van der Waals surface area (Å²) < 4.78 is 0. The number of hydrogen-bond acceptors (Lipinski definition) is 3. The number of aryl methyl sites for hydroxylation is 1. The van der Waals surface area contributed by atoms with Gasteiger partial charge in [-0.3, -0.25) is 5.41 Å². The van der Waals surface area contributed by atoms with Gasteiger partial charge in [0.05, 0.1) is 0 Å². The van der Waals surface area contributed by atoms with Crippen molar-refractivity contribution in [2.45, 2.75) is 6.92 Å². The van der Waals surface area contributed by atoms with Gasteiger partial charge in [-0.2, -0.15) is 0 Å². The van der Waals surface area contributed by atoms with E-state index in [4.69, 9.17) is 5.41 Å². The molecule has 0 bridgehead atoms. The molecule has 0 spiro atoms. The topological polar surface area (TPSA) is 53.3 Å². The van der Waals surface area contributed by atoms with Crippen LogP contribution >= 0.6 is 0 Å². The van der Waals surface area contributed by atoms with Gasteiger partial charge in [0.25, 0.3) is 0 Å². The van der Waals surface area contributed by atoms with Gasteiger partial charge in [0.15, 0.2) is 5.70 Å². The van der Waals surface area contributed by atoms with Gasteiger partial charge >= 0.3 is 0 Å². The summed E-state index contributed by atoms with van der Waals surface area (Å²) in [6.07, 6.45) is 0. The highest BCUT2D eigenvalue weighted by molar-refractivity contribution is 5.87. The minimum Gasteiger partial charge on any atom is -0.257 e. The lowest BCUT2D eigenvalue weighted by molar-refractivity contribution is 1.43. The Bertz CT molecular complexity index is 334. The van der Waals surface area contributed by atoms with Crippen LogP contribution in [0.15, 0.2) is 29.4 Å². The lowest BCUT2D eigenvalue weighted by atomic mass is 10.1. The molecular weight excluding hydrogens is 152 g/mol. The van der Waals surface area contributed by atoms with Crippen molar-refractivity contribution >= 4 is 11.6 Å². The van der Waals surface area contributed by atoms with Gasteiger partial charge in [-0.1, -0.05) is 29.8 Å². The maximum absolute atomic E-state index is 10.2. The molecule has 0 unspecified atom stereocenters. The number of nitrogens with zero attached hydrogens (tertiary/aromatic N) is 1. The van der Waals surface area contributed by atoms with Crippen molar-refractivity contribution in [2.24, 2.45) is 5.18 Å². The minimum atomic E-state index is 0.0370. The fourth-order valence-corrected chi connectivity index (χ4v) is 0.859. The molecule has 1 aromatic rings. The van der Waals surface area contributed by atoms with E-state index in [9.17, 15) is 4.91 Å². The summed E-state index contributed by atoms with van der Waals surface area (Å²) in [5, 5.41) is 9.44. The van der Waals surface area contributed by atoms with Gasteiger partial charge in [-0.05, 0) is 12.1 Å². The zero-order valence-corrected chi connectivity index (χ0v) is 6.66. The Kier molecular flexibility index (Phi) is 2.51. The van der Waals surface area contributed by atoms with E-state index in [1.807, 2.05) is 24.9 Å². The molecule has 0 heterocycles. The highest BCUT2D eigenvalue weighted by Crippen LogP contribution is 2.12. The summed E-state index contributed by atoms with van der Waals surface area (Å²) in [4.78, 5) is 10.2. The molecule has 60 valence electrons. The lowest BCUT2D eigenvalue weighted by Crippen LogP contribution is -1.80. The largest absolute Gasteiger partial charge is 0.257 e. The molecule has 1 aromatic carbocycles. The van der Waals surface area contributed by atoms with Crippen molar-refractivity contribution in [3.8, 4) is 0 Å². The average Bonchev–Trinajstić information content (AvgIpc) is 2.10. The molecule has 1 N–H and O–H groups in total. The Morgan fingerprint density at radius 2 is 2.00 bits per heavy atom. The van der Waals surface area contributed by atoms with Crippen LogP contribution in [0.2, 0.25) is 0 Å². The summed E-state index contributed by atoms with van der Waals surface area (Å²) in [6.45, 7) is 1.95. The van der Waals surface area contributed by atoms with Crippen molar-refractivity contribution in [1.29, 1.82) is 5.41 Å². The molecule has 0 aromatic heterocycles. The summed E-state index contributed by atoms with van der Waals surface area (Å²) in [6, 6.07) is 7.21. The second-order valence-electron chi connectivity index (χ2n) is 2.43. The first-order valence-electron chi connectivity index (χ1n) is 3.48. The smallest absolute Gasteiger partial charge is 0.175 e. The molecule has 1 rings (SSSR count). The monoisotopic (exact) mass is 160 g/mol. The summed E-state index contributed by atoms with van der Waals surface area (Å²) >= 11 is 0. The highest BCUT2D eigenvalue weighted by Gasteiger charge is 1.98. The van der Waals surface area contributed by atoms with E-state index in [1.54, 1.807) is 12.1 Å². The second kappa shape index (κ2) is 3.60. The Hall–Kier alpha value is -1.73. The minimum absolute atomic E-state index is 0.0370. The van der Waals surface area contributed by atoms with E-state index in [0.717, 1.165) is 5.56 Å². The van der Waals surface area contributed by atoms with Gasteiger partial charge in [0, 0.05) is 11.4 Å². The maximum Gasteiger partial charge on any atom is 0.175 e. The van der Waals surface area contributed by atoms with Crippen molar-refractivity contribution in [3.05, 3.63) is 40.3 Å². The van der Waals surface area contributed by atoms with Gasteiger partial charge in [0.2, 0.25) is 0 Å². The highest BCUT2D eigenvalue weighted by atomic mass is 16.3. The number of benzene rings is 1. The second-order valence-corrected chi connectivity index (χ2v) is 2.43. The van der Waals surface area contributed by atoms with Crippen LogP contribution in [-0.2, 0) is 0 Å². The van der Waals surface area contributed by atoms with E-state index in [0.29, 0.717) is 5.56 Å². The first kappa shape index (κ1) is 8.37. The normalized spacial score (nSPS) is 8.75. The Balaban J connectivity index is 3.12. The predicted octanol–water partition coefficient (Wildman–Crippen LogP) is 2.35. The van der Waals surface area contributed by atoms with Crippen LogP contribution in [0.4, 0.5) is 0 Å². The third-order valence-electron chi connectivity index (χ3n) is 1.53. The fraction of sp³-hybridized carbons (Fsp3) is 0.111. The third-order valence-corrected chi connectivity index (χ3v) is 1.53.